The van der Waals surface area contributed by atoms with Crippen LogP contribution in [0.3, 0.4) is 0 Å². The third kappa shape index (κ3) is 7.29. The molecule has 0 radical (unpaired) electrons. The van der Waals surface area contributed by atoms with Crippen LogP contribution in [-0.2, 0) is 4.79 Å². The van der Waals surface area contributed by atoms with Gasteiger partial charge >= 0.3 is 12.0 Å². The highest BCUT2D eigenvalue weighted by molar-refractivity contribution is 5.89. The SMILES string of the molecule is CC(C)(C)CC(CC(=O)O)NC(=O)Nc1ccc(F)cc1. The standard InChI is InChI=1S/C15H21FN2O3/c1-15(2,3)9-12(8-13(19)20)18-14(21)17-11-6-4-10(16)5-7-11/h4-7,12H,8-9H2,1-3H3,(H,19,20)(H2,17,18,21). The number of halogens is 1. The maximum Gasteiger partial charge on any atom is 0.319 e. The van der Waals surface area contributed by atoms with Gasteiger partial charge in [-0.3, -0.25) is 4.79 Å². The third-order valence-corrected chi connectivity index (χ3v) is 2.72. The van der Waals surface area contributed by atoms with Crippen LogP contribution in [0.4, 0.5) is 14.9 Å². The monoisotopic (exact) mass is 296 g/mol. The van der Waals surface area contributed by atoms with Crippen LogP contribution in [0.1, 0.15) is 33.6 Å². The lowest BCUT2D eigenvalue weighted by Crippen LogP contribution is -2.41. The van der Waals surface area contributed by atoms with Crippen molar-refractivity contribution in [2.75, 3.05) is 5.32 Å². The van der Waals surface area contributed by atoms with E-state index in [-0.39, 0.29) is 11.8 Å². The van der Waals surface area contributed by atoms with Crippen LogP contribution in [0, 0.1) is 11.2 Å². The summed E-state index contributed by atoms with van der Waals surface area (Å²) >= 11 is 0. The Morgan fingerprint density at radius 1 is 1.24 bits per heavy atom. The normalized spacial score (nSPS) is 12.6. The van der Waals surface area contributed by atoms with Gasteiger partial charge in [0.2, 0.25) is 0 Å². The molecule has 0 aliphatic heterocycles. The van der Waals surface area contributed by atoms with Crippen LogP contribution >= 0.6 is 0 Å². The first kappa shape index (κ1) is 16.9. The van der Waals surface area contributed by atoms with Gasteiger partial charge in [-0.1, -0.05) is 20.8 Å². The number of carboxylic acids is 1. The fourth-order valence-corrected chi connectivity index (χ4v) is 2.01. The molecule has 1 unspecified atom stereocenters. The molecule has 21 heavy (non-hydrogen) atoms. The van der Waals surface area contributed by atoms with Gasteiger partial charge in [-0.2, -0.15) is 0 Å². The molecule has 1 atom stereocenters. The van der Waals surface area contributed by atoms with Crippen LogP contribution in [0.25, 0.3) is 0 Å². The number of benzene rings is 1. The van der Waals surface area contributed by atoms with Crippen molar-refractivity contribution < 1.29 is 19.1 Å². The number of rotatable bonds is 5. The van der Waals surface area contributed by atoms with E-state index in [1.807, 2.05) is 20.8 Å². The number of anilines is 1. The van der Waals surface area contributed by atoms with Gasteiger partial charge in [0.25, 0.3) is 0 Å². The molecule has 116 valence electrons. The predicted molar refractivity (Wildman–Crippen MR) is 78.7 cm³/mol. The number of carboxylic acid groups (broad SMARTS) is 1. The summed E-state index contributed by atoms with van der Waals surface area (Å²) in [6, 6.07) is 4.37. The highest BCUT2D eigenvalue weighted by Gasteiger charge is 2.22. The molecular formula is C15H21FN2O3. The van der Waals surface area contributed by atoms with E-state index in [0.29, 0.717) is 12.1 Å². The maximum atomic E-state index is 12.8. The molecule has 0 heterocycles. The van der Waals surface area contributed by atoms with Crippen molar-refractivity contribution in [3.63, 3.8) is 0 Å². The van der Waals surface area contributed by atoms with Crippen LogP contribution in [-0.4, -0.2) is 23.1 Å². The van der Waals surface area contributed by atoms with E-state index in [9.17, 15) is 14.0 Å². The Morgan fingerprint density at radius 3 is 2.29 bits per heavy atom. The van der Waals surface area contributed by atoms with Crippen molar-refractivity contribution in [1.82, 2.24) is 5.32 Å². The molecule has 1 aromatic carbocycles. The summed E-state index contributed by atoms with van der Waals surface area (Å²) in [5.74, 6) is -1.36. The summed E-state index contributed by atoms with van der Waals surface area (Å²) in [4.78, 5) is 22.7. The number of hydrogen-bond donors (Lipinski definition) is 3. The lowest BCUT2D eigenvalue weighted by molar-refractivity contribution is -0.137. The van der Waals surface area contributed by atoms with Gasteiger partial charge < -0.3 is 15.7 Å². The summed E-state index contributed by atoms with van der Waals surface area (Å²) in [6.45, 7) is 5.92. The zero-order chi connectivity index (χ0) is 16.0. The summed E-state index contributed by atoms with van der Waals surface area (Å²) in [5.41, 5.74) is 0.335. The molecule has 2 amide bonds. The topological polar surface area (TPSA) is 78.4 Å². The van der Waals surface area contributed by atoms with Crippen LogP contribution in [0.5, 0.6) is 0 Å². The fraction of sp³-hybridized carbons (Fsp3) is 0.467. The number of carbonyl (C=O) groups is 2. The Kier molecular flexibility index (Phi) is 5.69. The van der Waals surface area contributed by atoms with E-state index in [4.69, 9.17) is 5.11 Å². The molecule has 1 rings (SSSR count). The third-order valence-electron chi connectivity index (χ3n) is 2.72. The second kappa shape index (κ2) is 7.06. The molecule has 0 fully saturated rings. The van der Waals surface area contributed by atoms with Crippen molar-refractivity contribution in [3.05, 3.63) is 30.1 Å². The fourth-order valence-electron chi connectivity index (χ4n) is 2.01. The number of aliphatic carboxylic acids is 1. The Morgan fingerprint density at radius 2 is 1.81 bits per heavy atom. The minimum Gasteiger partial charge on any atom is -0.481 e. The first-order valence-electron chi connectivity index (χ1n) is 6.70. The molecule has 0 spiro atoms. The Hall–Kier alpha value is -2.11. The number of carbonyl (C=O) groups excluding carboxylic acids is 1. The second-order valence-electron chi connectivity index (χ2n) is 6.16. The van der Waals surface area contributed by atoms with E-state index in [1.165, 1.54) is 24.3 Å². The quantitative estimate of drug-likeness (QED) is 0.780. The molecule has 0 saturated heterocycles. The number of nitrogens with one attached hydrogen (secondary N) is 2. The Balaban J connectivity index is 2.62. The lowest BCUT2D eigenvalue weighted by atomic mass is 9.87. The Bertz CT molecular complexity index is 495. The lowest BCUT2D eigenvalue weighted by Gasteiger charge is -2.25. The average Bonchev–Trinajstić information content (AvgIpc) is 2.28. The Labute approximate surface area is 123 Å². The first-order valence-corrected chi connectivity index (χ1v) is 6.70. The first-order chi connectivity index (χ1) is 9.65. The number of amides is 2. The summed E-state index contributed by atoms with van der Waals surface area (Å²) in [5, 5.41) is 14.1. The molecular weight excluding hydrogens is 275 g/mol. The largest absolute Gasteiger partial charge is 0.481 e. The molecule has 0 aliphatic carbocycles. The highest BCUT2D eigenvalue weighted by Crippen LogP contribution is 2.22. The van der Waals surface area contributed by atoms with Gasteiger partial charge in [-0.25, -0.2) is 9.18 Å². The molecule has 1 aromatic rings. The van der Waals surface area contributed by atoms with E-state index in [0.717, 1.165) is 0 Å². The number of hydrogen-bond acceptors (Lipinski definition) is 2. The number of urea groups is 1. The highest BCUT2D eigenvalue weighted by atomic mass is 19.1. The summed E-state index contributed by atoms with van der Waals surface area (Å²) < 4.78 is 12.8. The van der Waals surface area contributed by atoms with Crippen molar-refractivity contribution in [1.29, 1.82) is 0 Å². The van der Waals surface area contributed by atoms with Crippen molar-refractivity contribution in [3.8, 4) is 0 Å². The summed E-state index contributed by atoms with van der Waals surface area (Å²) in [7, 11) is 0. The molecule has 0 bridgehead atoms. The van der Waals surface area contributed by atoms with Gasteiger partial charge in [0.05, 0.1) is 6.42 Å². The zero-order valence-corrected chi connectivity index (χ0v) is 12.4. The minimum absolute atomic E-state index is 0.108. The molecule has 0 aromatic heterocycles. The molecule has 3 N–H and O–H groups in total. The van der Waals surface area contributed by atoms with Gasteiger partial charge in [0, 0.05) is 11.7 Å². The van der Waals surface area contributed by atoms with Crippen LogP contribution in [0.15, 0.2) is 24.3 Å². The van der Waals surface area contributed by atoms with Crippen molar-refractivity contribution in [2.45, 2.75) is 39.7 Å². The van der Waals surface area contributed by atoms with E-state index in [1.54, 1.807) is 0 Å². The van der Waals surface area contributed by atoms with Crippen molar-refractivity contribution in [2.24, 2.45) is 5.41 Å². The second-order valence-corrected chi connectivity index (χ2v) is 6.16. The maximum absolute atomic E-state index is 12.8. The van der Waals surface area contributed by atoms with Crippen LogP contribution < -0.4 is 10.6 Å². The zero-order valence-electron chi connectivity index (χ0n) is 12.4. The van der Waals surface area contributed by atoms with Gasteiger partial charge in [0.15, 0.2) is 0 Å². The van der Waals surface area contributed by atoms with Crippen LogP contribution in [0.2, 0.25) is 0 Å². The van der Waals surface area contributed by atoms with E-state index >= 15 is 0 Å². The predicted octanol–water partition coefficient (Wildman–Crippen LogP) is 3.23. The molecule has 6 heteroatoms. The summed E-state index contributed by atoms with van der Waals surface area (Å²) in [6.07, 6.45) is 0.393. The minimum atomic E-state index is -0.966. The average molecular weight is 296 g/mol. The van der Waals surface area contributed by atoms with Crippen molar-refractivity contribution >= 4 is 17.7 Å². The van der Waals surface area contributed by atoms with Gasteiger partial charge in [0.1, 0.15) is 5.82 Å². The smallest absolute Gasteiger partial charge is 0.319 e. The van der Waals surface area contributed by atoms with E-state index in [2.05, 4.69) is 10.6 Å². The van der Waals surface area contributed by atoms with Gasteiger partial charge in [-0.05, 0) is 36.1 Å². The van der Waals surface area contributed by atoms with Gasteiger partial charge in [-0.15, -0.1) is 0 Å². The molecule has 0 saturated carbocycles. The van der Waals surface area contributed by atoms with E-state index < -0.39 is 23.9 Å². The molecule has 0 aliphatic rings. The molecule has 5 nitrogen and oxygen atoms in total.